The van der Waals surface area contributed by atoms with E-state index in [9.17, 15) is 10.2 Å². The first kappa shape index (κ1) is 38.6. The summed E-state index contributed by atoms with van der Waals surface area (Å²) in [6, 6.07) is 13.0. The van der Waals surface area contributed by atoms with Crippen molar-refractivity contribution in [2.45, 2.75) is 176 Å². The Morgan fingerprint density at radius 2 is 0.531 bits per heavy atom. The lowest BCUT2D eigenvalue weighted by Crippen LogP contribution is -2.52. The van der Waals surface area contributed by atoms with E-state index >= 15 is 0 Å². The van der Waals surface area contributed by atoms with Crippen LogP contribution < -0.4 is 20.9 Å². The molecule has 6 N–H and O–H groups in total. The molecule has 0 unspecified atom stereocenters. The zero-order chi connectivity index (χ0) is 42.5. The Morgan fingerprint density at radius 3 is 0.766 bits per heavy atom. The molecule has 6 nitrogen and oxygen atoms in total. The number of aromatic hydroxyl groups is 2. The van der Waals surface area contributed by atoms with E-state index in [0.717, 1.165) is 94.0 Å². The van der Waals surface area contributed by atoms with Gasteiger partial charge in [-0.15, -0.1) is 0 Å². The summed E-state index contributed by atoms with van der Waals surface area (Å²) in [5, 5.41) is 23.0. The van der Waals surface area contributed by atoms with Crippen molar-refractivity contribution >= 4 is 11.4 Å². The molecule has 0 heterocycles. The van der Waals surface area contributed by atoms with Crippen molar-refractivity contribution < 1.29 is 19.7 Å². The van der Waals surface area contributed by atoms with Gasteiger partial charge in [-0.05, 0) is 282 Å². The SMILES string of the molecule is Nc1cc(C23CC4CC(CC(C4)C2)C3)c(Oc2cc(C34CC5CC(CC(C5)C3)C4)c(C34CC5CC(CC(C5)C3)C4)cc2Oc2cc(O)c(N)cc2C23CC4CC(CC(C4)C2)C3)cc1O. The summed E-state index contributed by atoms with van der Waals surface area (Å²) in [6.45, 7) is 0. The molecule has 6 heteroatoms. The van der Waals surface area contributed by atoms with Crippen LogP contribution in [0.2, 0.25) is 0 Å². The number of anilines is 2. The Bertz CT molecular complexity index is 2160. The summed E-state index contributed by atoms with van der Waals surface area (Å²) < 4.78 is 15.3. The second-order valence-corrected chi connectivity index (χ2v) is 26.7. The smallest absolute Gasteiger partial charge is 0.170 e. The van der Waals surface area contributed by atoms with Crippen molar-refractivity contribution in [1.82, 2.24) is 0 Å². The minimum atomic E-state index is 0.0171. The fourth-order valence-electron chi connectivity index (χ4n) is 21.8. The highest BCUT2D eigenvalue weighted by Gasteiger charge is 2.58. The van der Waals surface area contributed by atoms with Crippen LogP contribution in [0.25, 0.3) is 0 Å². The van der Waals surface area contributed by atoms with Gasteiger partial charge in [-0.3, -0.25) is 0 Å². The van der Waals surface area contributed by atoms with Gasteiger partial charge < -0.3 is 31.2 Å². The van der Waals surface area contributed by atoms with Gasteiger partial charge in [-0.25, -0.2) is 0 Å². The van der Waals surface area contributed by atoms with E-state index in [1.807, 2.05) is 12.1 Å². The average molecular weight is 861 g/mol. The third-order valence-electron chi connectivity index (χ3n) is 22.2. The number of rotatable bonds is 8. The summed E-state index contributed by atoms with van der Waals surface area (Å²) in [4.78, 5) is 0. The largest absolute Gasteiger partial charge is 0.506 e. The predicted molar refractivity (Wildman–Crippen MR) is 251 cm³/mol. The van der Waals surface area contributed by atoms with Crippen molar-refractivity contribution in [3.05, 3.63) is 58.7 Å². The van der Waals surface area contributed by atoms with Crippen LogP contribution >= 0.6 is 0 Å². The lowest BCUT2D eigenvalue weighted by atomic mass is 9.44. The summed E-state index contributed by atoms with van der Waals surface area (Å²) in [5.41, 5.74) is 20.3. The van der Waals surface area contributed by atoms with Crippen LogP contribution in [0.4, 0.5) is 11.4 Å². The van der Waals surface area contributed by atoms with Crippen LogP contribution in [0.3, 0.4) is 0 Å². The molecule has 0 aliphatic heterocycles. The number of hydrogen-bond donors (Lipinski definition) is 4. The second kappa shape index (κ2) is 13.1. The molecule has 3 aromatic rings. The van der Waals surface area contributed by atoms with Crippen molar-refractivity contribution in [3.63, 3.8) is 0 Å². The molecule has 16 fully saturated rings. The van der Waals surface area contributed by atoms with E-state index in [1.54, 1.807) is 11.1 Å². The van der Waals surface area contributed by atoms with E-state index in [1.165, 1.54) is 165 Å². The normalized spacial score (nSPS) is 45.8. The van der Waals surface area contributed by atoms with Crippen LogP contribution in [0.5, 0.6) is 34.5 Å². The van der Waals surface area contributed by atoms with E-state index in [4.69, 9.17) is 20.9 Å². The second-order valence-electron chi connectivity index (χ2n) is 26.7. The van der Waals surface area contributed by atoms with Gasteiger partial charge in [-0.1, -0.05) is 0 Å². The molecule has 338 valence electrons. The molecule has 16 aliphatic carbocycles. The molecule has 64 heavy (non-hydrogen) atoms. The Morgan fingerprint density at radius 1 is 0.312 bits per heavy atom. The van der Waals surface area contributed by atoms with Crippen molar-refractivity contribution in [2.24, 2.45) is 71.0 Å². The van der Waals surface area contributed by atoms with Crippen LogP contribution in [0.1, 0.15) is 176 Å². The number of nitrogen functional groups attached to an aromatic ring is 2. The number of nitrogens with two attached hydrogens (primary N) is 2. The van der Waals surface area contributed by atoms with Crippen LogP contribution in [-0.2, 0) is 21.7 Å². The summed E-state index contributed by atoms with van der Waals surface area (Å²) in [6.07, 6.45) is 31.7. The van der Waals surface area contributed by atoms with Crippen LogP contribution in [0, 0.1) is 71.0 Å². The van der Waals surface area contributed by atoms with E-state index in [0.29, 0.717) is 11.4 Å². The fourth-order valence-corrected chi connectivity index (χ4v) is 21.8. The molecule has 0 aromatic heterocycles. The maximum atomic E-state index is 11.5. The number of phenolic OH excluding ortho intramolecular Hbond substituents is 2. The molecule has 0 amide bonds. The fraction of sp³-hybridized carbons (Fsp3) is 0.690. The molecular weight excluding hydrogens is 789 g/mol. The van der Waals surface area contributed by atoms with Crippen molar-refractivity contribution in [2.75, 3.05) is 11.5 Å². The standard InChI is InChI=1S/C58H72N2O4/c59-47-13-45(57-25-37-7-38(26-57)9-39(8-37)27-57)51(17-49(47)61)63-53-15-43(55-19-31-1-32(20-55)3-33(2-31)21-55)44(56-22-34-4-35(23-56)6-36(5-34)24-56)16-54(53)64-52-18-50(62)48(60)14-46(52)58-28-40-10-41(29-58)12-42(11-40)30-58/h13-18,31-42,61-62H,1-12,19-30,59-60H2. The Labute approximate surface area is 381 Å². The van der Waals surface area contributed by atoms with Gasteiger partial charge in [-0.2, -0.15) is 0 Å². The first-order valence-corrected chi connectivity index (χ1v) is 26.7. The van der Waals surface area contributed by atoms with Crippen molar-refractivity contribution in [1.29, 1.82) is 0 Å². The number of hydrogen-bond acceptors (Lipinski definition) is 6. The van der Waals surface area contributed by atoms with Crippen molar-refractivity contribution in [3.8, 4) is 34.5 Å². The third kappa shape index (κ3) is 5.67. The summed E-state index contributed by atoms with van der Waals surface area (Å²) in [7, 11) is 0. The topological polar surface area (TPSA) is 111 Å². The highest BCUT2D eigenvalue weighted by molar-refractivity contribution is 5.65. The highest BCUT2D eigenvalue weighted by Crippen LogP contribution is 2.69. The molecule has 3 aromatic carbocycles. The predicted octanol–water partition coefficient (Wildman–Crippen LogP) is 13.7. The first-order chi connectivity index (χ1) is 30.9. The zero-order valence-electron chi connectivity index (χ0n) is 38.2. The lowest BCUT2D eigenvalue weighted by molar-refractivity contribution is -0.0176. The lowest BCUT2D eigenvalue weighted by Gasteiger charge is -2.61. The molecule has 0 saturated heterocycles. The Kier molecular flexibility index (Phi) is 7.90. The molecule has 16 bridgehead atoms. The molecule has 16 aliphatic rings. The number of benzene rings is 3. The van der Waals surface area contributed by atoms with E-state index in [2.05, 4.69) is 24.3 Å². The molecule has 0 atom stereocenters. The van der Waals surface area contributed by atoms with Crippen LogP contribution in [0.15, 0.2) is 36.4 Å². The highest BCUT2D eigenvalue weighted by atomic mass is 16.5. The average Bonchev–Trinajstić information content (AvgIpc) is 3.22. The minimum absolute atomic E-state index is 0.0171. The quantitative estimate of drug-likeness (QED) is 0.133. The van der Waals surface area contributed by atoms with Gasteiger partial charge in [0.15, 0.2) is 11.5 Å². The van der Waals surface area contributed by atoms with Gasteiger partial charge in [0.2, 0.25) is 0 Å². The van der Waals surface area contributed by atoms with Gasteiger partial charge in [0.25, 0.3) is 0 Å². The zero-order valence-corrected chi connectivity index (χ0v) is 38.2. The summed E-state index contributed by atoms with van der Waals surface area (Å²) >= 11 is 0. The molecule has 19 rings (SSSR count). The van der Waals surface area contributed by atoms with E-state index in [-0.39, 0.29) is 33.2 Å². The Hall–Kier alpha value is -3.54. The first-order valence-electron chi connectivity index (χ1n) is 26.7. The Balaban J connectivity index is 0.936. The third-order valence-corrected chi connectivity index (χ3v) is 22.2. The number of ether oxygens (including phenoxy) is 2. The number of phenols is 2. The van der Waals surface area contributed by atoms with Gasteiger partial charge in [0.05, 0.1) is 11.4 Å². The molecule has 16 saturated carbocycles. The molecule has 0 spiro atoms. The van der Waals surface area contributed by atoms with Gasteiger partial charge >= 0.3 is 0 Å². The van der Waals surface area contributed by atoms with Crippen LogP contribution in [-0.4, -0.2) is 10.2 Å². The van der Waals surface area contributed by atoms with Gasteiger partial charge in [0.1, 0.15) is 23.0 Å². The molecular formula is C58H72N2O4. The molecule has 0 radical (unpaired) electrons. The monoisotopic (exact) mass is 861 g/mol. The minimum Gasteiger partial charge on any atom is -0.506 e. The van der Waals surface area contributed by atoms with E-state index < -0.39 is 0 Å². The van der Waals surface area contributed by atoms with Gasteiger partial charge in [0, 0.05) is 23.3 Å². The maximum absolute atomic E-state index is 11.5. The maximum Gasteiger partial charge on any atom is 0.170 e. The summed E-state index contributed by atoms with van der Waals surface area (Å²) in [5.74, 6) is 12.8.